The van der Waals surface area contributed by atoms with Crippen molar-refractivity contribution in [2.24, 2.45) is 11.7 Å². The highest BCUT2D eigenvalue weighted by Crippen LogP contribution is 2.31. The molecule has 2 aliphatic rings. The zero-order chi connectivity index (χ0) is 18.0. The van der Waals surface area contributed by atoms with Gasteiger partial charge in [-0.25, -0.2) is 0 Å². The van der Waals surface area contributed by atoms with Crippen LogP contribution in [0.3, 0.4) is 0 Å². The number of allylic oxidation sites excluding steroid dienone is 1. The van der Waals surface area contributed by atoms with Crippen molar-refractivity contribution >= 4 is 17.4 Å². The van der Waals surface area contributed by atoms with E-state index in [1.54, 1.807) is 12.1 Å². The first-order valence-corrected chi connectivity index (χ1v) is 9.32. The van der Waals surface area contributed by atoms with Crippen molar-refractivity contribution in [3.63, 3.8) is 0 Å². The SMILES string of the molecule is CC1(C)Cc2cc(C(N)=O)ccc2/C(=C/C(=O)C2CCCCCC2)N1. The number of hydrogen-bond acceptors (Lipinski definition) is 3. The lowest BCUT2D eigenvalue weighted by Crippen LogP contribution is -2.44. The second-order valence-electron chi connectivity index (χ2n) is 8.07. The number of fused-ring (bicyclic) bond motifs is 1. The van der Waals surface area contributed by atoms with E-state index in [0.29, 0.717) is 5.56 Å². The van der Waals surface area contributed by atoms with Gasteiger partial charge in [-0.2, -0.15) is 0 Å². The van der Waals surface area contributed by atoms with Crippen LogP contribution in [0.15, 0.2) is 24.3 Å². The first-order valence-electron chi connectivity index (χ1n) is 9.32. The van der Waals surface area contributed by atoms with Crippen LogP contribution in [0.25, 0.3) is 5.70 Å². The van der Waals surface area contributed by atoms with Crippen LogP contribution in [0.2, 0.25) is 0 Å². The minimum absolute atomic E-state index is 0.148. The first kappa shape index (κ1) is 17.7. The van der Waals surface area contributed by atoms with E-state index in [2.05, 4.69) is 19.2 Å². The first-order chi connectivity index (χ1) is 11.9. The van der Waals surface area contributed by atoms with Gasteiger partial charge in [-0.3, -0.25) is 9.59 Å². The quantitative estimate of drug-likeness (QED) is 0.652. The lowest BCUT2D eigenvalue weighted by molar-refractivity contribution is -0.118. The molecule has 0 spiro atoms. The van der Waals surface area contributed by atoms with Crippen molar-refractivity contribution in [1.82, 2.24) is 5.32 Å². The number of nitrogens with one attached hydrogen (secondary N) is 1. The summed E-state index contributed by atoms with van der Waals surface area (Å²) in [6, 6.07) is 5.51. The molecule has 0 atom stereocenters. The molecule has 3 rings (SSSR count). The molecule has 134 valence electrons. The number of amides is 1. The Bertz CT molecular complexity index is 711. The van der Waals surface area contributed by atoms with Gasteiger partial charge in [0.15, 0.2) is 5.78 Å². The van der Waals surface area contributed by atoms with Crippen LogP contribution in [0.5, 0.6) is 0 Å². The van der Waals surface area contributed by atoms with Crippen LogP contribution < -0.4 is 11.1 Å². The summed E-state index contributed by atoms with van der Waals surface area (Å²) in [7, 11) is 0. The molecule has 0 unspecified atom stereocenters. The Labute approximate surface area is 149 Å². The summed E-state index contributed by atoms with van der Waals surface area (Å²) < 4.78 is 0. The third kappa shape index (κ3) is 4.12. The lowest BCUT2D eigenvalue weighted by Gasteiger charge is -2.36. The largest absolute Gasteiger partial charge is 0.379 e. The number of primary amides is 1. The molecule has 1 amide bonds. The fourth-order valence-electron chi connectivity index (χ4n) is 4.05. The zero-order valence-electron chi connectivity index (χ0n) is 15.2. The highest BCUT2D eigenvalue weighted by Gasteiger charge is 2.29. The standard InChI is InChI=1S/C21H28N2O2/c1-21(2)13-16-11-15(20(22)25)9-10-17(16)18(23-21)12-19(24)14-7-5-3-4-6-8-14/h9-12,14,23H,3-8,13H2,1-2H3,(H2,22,25)/b18-12-. The summed E-state index contributed by atoms with van der Waals surface area (Å²) in [5.74, 6) is -0.0404. The number of rotatable bonds is 3. The number of benzene rings is 1. The molecular formula is C21H28N2O2. The van der Waals surface area contributed by atoms with Crippen molar-refractivity contribution in [2.45, 2.75) is 64.3 Å². The zero-order valence-corrected chi connectivity index (χ0v) is 15.2. The molecule has 1 aliphatic carbocycles. The van der Waals surface area contributed by atoms with Gasteiger partial charge in [0.05, 0.1) is 0 Å². The van der Waals surface area contributed by atoms with Crippen molar-refractivity contribution in [2.75, 3.05) is 0 Å². The molecule has 0 radical (unpaired) electrons. The van der Waals surface area contributed by atoms with Gasteiger partial charge in [0.25, 0.3) is 0 Å². The fraction of sp³-hybridized carbons (Fsp3) is 0.524. The van der Waals surface area contributed by atoms with Gasteiger partial charge in [0.1, 0.15) is 0 Å². The molecule has 4 heteroatoms. The summed E-state index contributed by atoms with van der Waals surface area (Å²) in [6.45, 7) is 4.22. The molecule has 0 aromatic heterocycles. The number of ketones is 1. The molecule has 1 heterocycles. The van der Waals surface area contributed by atoms with Crippen LogP contribution in [0.1, 0.15) is 73.9 Å². The molecule has 0 bridgehead atoms. The van der Waals surface area contributed by atoms with Gasteiger partial charge in [-0.1, -0.05) is 31.7 Å². The summed E-state index contributed by atoms with van der Waals surface area (Å²) in [6.07, 6.45) is 9.36. The van der Waals surface area contributed by atoms with Gasteiger partial charge >= 0.3 is 0 Å². The smallest absolute Gasteiger partial charge is 0.248 e. The minimum atomic E-state index is -0.417. The topological polar surface area (TPSA) is 72.2 Å². The average molecular weight is 340 g/mol. The van der Waals surface area contributed by atoms with Gasteiger partial charge < -0.3 is 11.1 Å². The van der Waals surface area contributed by atoms with Gasteiger partial charge in [0, 0.05) is 34.4 Å². The van der Waals surface area contributed by atoms with Crippen molar-refractivity contribution in [3.8, 4) is 0 Å². The average Bonchev–Trinajstić information content (AvgIpc) is 2.82. The number of hydrogen-bond donors (Lipinski definition) is 2. The predicted octanol–water partition coefficient (Wildman–Crippen LogP) is 3.59. The van der Waals surface area contributed by atoms with Crippen molar-refractivity contribution in [3.05, 3.63) is 41.0 Å². The highest BCUT2D eigenvalue weighted by atomic mass is 16.1. The van der Waals surface area contributed by atoms with E-state index in [0.717, 1.165) is 48.9 Å². The Morgan fingerprint density at radius 3 is 2.48 bits per heavy atom. The molecule has 1 fully saturated rings. The number of nitrogens with two attached hydrogens (primary N) is 1. The van der Waals surface area contributed by atoms with Gasteiger partial charge in [0.2, 0.25) is 5.91 Å². The van der Waals surface area contributed by atoms with Crippen LogP contribution >= 0.6 is 0 Å². The monoisotopic (exact) mass is 340 g/mol. The van der Waals surface area contributed by atoms with Crippen LogP contribution in [0.4, 0.5) is 0 Å². The summed E-state index contributed by atoms with van der Waals surface area (Å²) in [5, 5.41) is 3.51. The van der Waals surface area contributed by atoms with E-state index in [1.807, 2.05) is 12.1 Å². The van der Waals surface area contributed by atoms with Gasteiger partial charge in [-0.05, 0) is 50.8 Å². The second-order valence-corrected chi connectivity index (χ2v) is 8.07. The molecule has 4 nitrogen and oxygen atoms in total. The normalized spacial score (nSPS) is 21.9. The molecule has 1 aliphatic heterocycles. The predicted molar refractivity (Wildman–Crippen MR) is 100 cm³/mol. The van der Waals surface area contributed by atoms with E-state index in [1.165, 1.54) is 12.8 Å². The molecule has 1 aromatic rings. The van der Waals surface area contributed by atoms with Crippen molar-refractivity contribution in [1.29, 1.82) is 0 Å². The Morgan fingerprint density at radius 2 is 1.84 bits per heavy atom. The lowest BCUT2D eigenvalue weighted by atomic mass is 9.84. The summed E-state index contributed by atoms with van der Waals surface area (Å²) in [5.41, 5.74) is 8.72. The van der Waals surface area contributed by atoms with E-state index in [-0.39, 0.29) is 17.2 Å². The van der Waals surface area contributed by atoms with Crippen LogP contribution in [0, 0.1) is 5.92 Å². The Hall–Kier alpha value is -2.10. The molecule has 1 saturated carbocycles. The molecule has 3 N–H and O–H groups in total. The van der Waals surface area contributed by atoms with E-state index >= 15 is 0 Å². The fourth-order valence-corrected chi connectivity index (χ4v) is 4.05. The van der Waals surface area contributed by atoms with Gasteiger partial charge in [-0.15, -0.1) is 0 Å². The number of carbonyl (C=O) groups excluding carboxylic acids is 2. The maximum atomic E-state index is 12.8. The molecular weight excluding hydrogens is 312 g/mol. The van der Waals surface area contributed by atoms with E-state index < -0.39 is 5.91 Å². The van der Waals surface area contributed by atoms with Crippen LogP contribution in [-0.4, -0.2) is 17.2 Å². The number of carbonyl (C=O) groups is 2. The van der Waals surface area contributed by atoms with Crippen LogP contribution in [-0.2, 0) is 11.2 Å². The Morgan fingerprint density at radius 1 is 1.16 bits per heavy atom. The van der Waals surface area contributed by atoms with Crippen molar-refractivity contribution < 1.29 is 9.59 Å². The van der Waals surface area contributed by atoms with E-state index in [4.69, 9.17) is 5.73 Å². The van der Waals surface area contributed by atoms with E-state index in [9.17, 15) is 9.59 Å². The third-order valence-electron chi connectivity index (χ3n) is 5.33. The summed E-state index contributed by atoms with van der Waals surface area (Å²) in [4.78, 5) is 24.3. The maximum Gasteiger partial charge on any atom is 0.248 e. The molecule has 25 heavy (non-hydrogen) atoms. The maximum absolute atomic E-state index is 12.8. The Kier molecular flexibility index (Phi) is 4.98. The minimum Gasteiger partial charge on any atom is -0.379 e. The summed E-state index contributed by atoms with van der Waals surface area (Å²) >= 11 is 0. The highest BCUT2D eigenvalue weighted by molar-refractivity contribution is 5.99. The molecule has 0 saturated heterocycles. The third-order valence-corrected chi connectivity index (χ3v) is 5.33. The molecule has 1 aromatic carbocycles. The second kappa shape index (κ2) is 7.03. The Balaban J connectivity index is 1.93.